The van der Waals surface area contributed by atoms with Gasteiger partial charge in [-0.2, -0.15) is 0 Å². The molecule has 0 saturated heterocycles. The first kappa shape index (κ1) is 14.8. The van der Waals surface area contributed by atoms with Crippen molar-refractivity contribution in [2.45, 2.75) is 63.6 Å². The number of allylic oxidation sites excluding steroid dienone is 4. The van der Waals surface area contributed by atoms with E-state index in [4.69, 9.17) is 0 Å². The summed E-state index contributed by atoms with van der Waals surface area (Å²) in [4.78, 5) is 0. The van der Waals surface area contributed by atoms with Crippen molar-refractivity contribution in [3.63, 3.8) is 0 Å². The van der Waals surface area contributed by atoms with Crippen LogP contribution in [0.25, 0.3) is 0 Å². The third-order valence-corrected chi connectivity index (χ3v) is 7.47. The van der Waals surface area contributed by atoms with Crippen molar-refractivity contribution in [2.24, 2.45) is 0 Å². The normalized spacial score (nSPS) is 21.9. The minimum Gasteiger partial charge on any atom is -0.0812 e. The molecule has 3 rings (SSSR count). The highest BCUT2D eigenvalue weighted by molar-refractivity contribution is 6.83. The monoisotopic (exact) mass is 296 g/mol. The Labute approximate surface area is 131 Å². The van der Waals surface area contributed by atoms with Gasteiger partial charge in [0.1, 0.15) is 0 Å². The van der Waals surface area contributed by atoms with Crippen LogP contribution in [0.15, 0.2) is 53.3 Å². The molecule has 2 aliphatic carbocycles. The Kier molecular flexibility index (Phi) is 3.96. The topological polar surface area (TPSA) is 0 Å². The second-order valence-corrected chi connectivity index (χ2v) is 12.9. The molecule has 112 valence electrons. The standard InChI is InChI=1S/C20H28Si/c1-21(2,3)19-13-12-18(16-19)20(14-8-5-9-15-20)17-10-6-4-7-11-17/h4,6-7,10-11,13,16H,5,8-9,12,14-15H2,1-3H3. The molecule has 0 radical (unpaired) electrons. The van der Waals surface area contributed by atoms with E-state index < -0.39 is 8.07 Å². The molecule has 0 heterocycles. The molecule has 1 aromatic carbocycles. The zero-order valence-electron chi connectivity index (χ0n) is 13.8. The van der Waals surface area contributed by atoms with Crippen molar-refractivity contribution in [3.05, 3.63) is 58.8 Å². The maximum atomic E-state index is 2.59. The Balaban J connectivity index is 1.99. The fraction of sp³-hybridized carbons (Fsp3) is 0.500. The van der Waals surface area contributed by atoms with Crippen LogP contribution in [0.2, 0.25) is 19.6 Å². The maximum absolute atomic E-state index is 2.59. The Morgan fingerprint density at radius 2 is 1.57 bits per heavy atom. The zero-order chi connectivity index (χ0) is 14.9. The first-order valence-electron chi connectivity index (χ1n) is 8.50. The molecular formula is C20H28Si. The second-order valence-electron chi connectivity index (χ2n) is 7.79. The van der Waals surface area contributed by atoms with Crippen LogP contribution in [0.1, 0.15) is 44.1 Å². The molecule has 0 bridgehead atoms. The highest BCUT2D eigenvalue weighted by Crippen LogP contribution is 2.48. The van der Waals surface area contributed by atoms with Gasteiger partial charge in [0.15, 0.2) is 0 Å². The van der Waals surface area contributed by atoms with Crippen molar-refractivity contribution >= 4 is 8.07 Å². The molecule has 0 aliphatic heterocycles. The van der Waals surface area contributed by atoms with E-state index >= 15 is 0 Å². The van der Waals surface area contributed by atoms with Crippen molar-refractivity contribution in [2.75, 3.05) is 0 Å². The lowest BCUT2D eigenvalue weighted by molar-refractivity contribution is 0.336. The number of rotatable bonds is 3. The first-order chi connectivity index (χ1) is 10.0. The van der Waals surface area contributed by atoms with Gasteiger partial charge in [-0.15, -0.1) is 0 Å². The van der Waals surface area contributed by atoms with Crippen molar-refractivity contribution < 1.29 is 0 Å². The molecule has 0 spiro atoms. The molecule has 0 amide bonds. The summed E-state index contributed by atoms with van der Waals surface area (Å²) in [5.74, 6) is 0. The minimum absolute atomic E-state index is 0.331. The number of benzene rings is 1. The highest BCUT2D eigenvalue weighted by Gasteiger charge is 2.38. The molecule has 0 unspecified atom stereocenters. The van der Waals surface area contributed by atoms with Gasteiger partial charge in [0.25, 0.3) is 0 Å². The molecule has 1 aromatic rings. The molecular weight excluding hydrogens is 268 g/mol. The summed E-state index contributed by atoms with van der Waals surface area (Å²) in [5.41, 5.74) is 3.59. The Morgan fingerprint density at radius 1 is 0.905 bits per heavy atom. The van der Waals surface area contributed by atoms with Crippen molar-refractivity contribution in [1.82, 2.24) is 0 Å². The van der Waals surface area contributed by atoms with Crippen LogP contribution in [-0.4, -0.2) is 8.07 Å². The zero-order valence-corrected chi connectivity index (χ0v) is 14.8. The molecule has 0 atom stereocenters. The fourth-order valence-electron chi connectivity index (χ4n) is 4.09. The predicted octanol–water partition coefficient (Wildman–Crippen LogP) is 6.02. The predicted molar refractivity (Wildman–Crippen MR) is 95.3 cm³/mol. The van der Waals surface area contributed by atoms with Crippen LogP contribution >= 0.6 is 0 Å². The van der Waals surface area contributed by atoms with Gasteiger partial charge in [-0.1, -0.05) is 92.2 Å². The summed E-state index contributed by atoms with van der Waals surface area (Å²) in [6.07, 6.45) is 13.2. The lowest BCUT2D eigenvalue weighted by Crippen LogP contribution is -2.31. The lowest BCUT2D eigenvalue weighted by Gasteiger charge is -2.39. The van der Waals surface area contributed by atoms with E-state index in [1.807, 2.05) is 0 Å². The van der Waals surface area contributed by atoms with E-state index in [2.05, 4.69) is 62.1 Å². The molecule has 0 N–H and O–H groups in total. The van der Waals surface area contributed by atoms with Gasteiger partial charge in [0.2, 0.25) is 0 Å². The number of hydrogen-bond acceptors (Lipinski definition) is 0. The summed E-state index contributed by atoms with van der Waals surface area (Å²) in [7, 11) is -1.18. The van der Waals surface area contributed by atoms with Gasteiger partial charge in [-0.25, -0.2) is 0 Å². The molecule has 21 heavy (non-hydrogen) atoms. The Hall–Kier alpha value is -1.08. The smallest absolute Gasteiger partial charge is 0.0771 e. The van der Waals surface area contributed by atoms with Gasteiger partial charge >= 0.3 is 0 Å². The average Bonchev–Trinajstić information content (AvgIpc) is 2.99. The Morgan fingerprint density at radius 3 is 2.14 bits per heavy atom. The van der Waals surface area contributed by atoms with Gasteiger partial charge < -0.3 is 0 Å². The minimum atomic E-state index is -1.18. The van der Waals surface area contributed by atoms with Crippen LogP contribution in [0.3, 0.4) is 0 Å². The molecule has 1 heteroatoms. The van der Waals surface area contributed by atoms with E-state index in [1.165, 1.54) is 38.5 Å². The van der Waals surface area contributed by atoms with Gasteiger partial charge in [0, 0.05) is 5.41 Å². The van der Waals surface area contributed by atoms with Crippen LogP contribution in [0.5, 0.6) is 0 Å². The first-order valence-corrected chi connectivity index (χ1v) is 12.0. The van der Waals surface area contributed by atoms with Gasteiger partial charge in [-0.05, 0) is 24.8 Å². The summed E-state index contributed by atoms with van der Waals surface area (Å²) >= 11 is 0. The SMILES string of the molecule is C[Si](C)(C)C1=CCC(C2(c3ccccc3)CCCCC2)=C1. The van der Waals surface area contributed by atoms with Crippen molar-refractivity contribution in [3.8, 4) is 0 Å². The largest absolute Gasteiger partial charge is 0.0812 e. The molecule has 1 fully saturated rings. The fourth-order valence-corrected chi connectivity index (χ4v) is 5.41. The van der Waals surface area contributed by atoms with Gasteiger partial charge in [-0.3, -0.25) is 0 Å². The highest BCUT2D eigenvalue weighted by atomic mass is 28.3. The van der Waals surface area contributed by atoms with Crippen LogP contribution < -0.4 is 0 Å². The summed E-state index contributed by atoms with van der Waals surface area (Å²) < 4.78 is 0. The second kappa shape index (κ2) is 5.60. The molecule has 0 aromatic heterocycles. The quantitative estimate of drug-likeness (QED) is 0.598. The molecule has 1 saturated carbocycles. The Bertz CT molecular complexity index is 551. The van der Waals surface area contributed by atoms with E-state index in [-0.39, 0.29) is 0 Å². The molecule has 2 aliphatic rings. The van der Waals surface area contributed by atoms with E-state index in [9.17, 15) is 0 Å². The third kappa shape index (κ3) is 2.81. The van der Waals surface area contributed by atoms with E-state index in [0.29, 0.717) is 5.41 Å². The summed E-state index contributed by atoms with van der Waals surface area (Å²) in [5, 5.41) is 1.67. The third-order valence-electron chi connectivity index (χ3n) is 5.39. The van der Waals surface area contributed by atoms with E-state index in [0.717, 1.165) is 0 Å². The summed E-state index contributed by atoms with van der Waals surface area (Å²) in [6.45, 7) is 7.40. The van der Waals surface area contributed by atoms with Crippen LogP contribution in [0, 0.1) is 0 Å². The summed E-state index contributed by atoms with van der Waals surface area (Å²) in [6, 6.07) is 11.3. The average molecular weight is 297 g/mol. The molecule has 0 nitrogen and oxygen atoms in total. The number of hydrogen-bond donors (Lipinski definition) is 0. The van der Waals surface area contributed by atoms with E-state index in [1.54, 1.807) is 16.3 Å². The lowest BCUT2D eigenvalue weighted by atomic mass is 9.64. The van der Waals surface area contributed by atoms with Gasteiger partial charge in [0.05, 0.1) is 8.07 Å². The van der Waals surface area contributed by atoms with Crippen molar-refractivity contribution in [1.29, 1.82) is 0 Å². The van der Waals surface area contributed by atoms with Crippen LogP contribution in [0.4, 0.5) is 0 Å². The van der Waals surface area contributed by atoms with Crippen LogP contribution in [-0.2, 0) is 5.41 Å². The maximum Gasteiger partial charge on any atom is 0.0771 e.